The van der Waals surface area contributed by atoms with Gasteiger partial charge in [0.1, 0.15) is 0 Å². The standard InChI is InChI=1S/C39H79N2O7P/c1-3-5-7-9-11-13-15-17-19-20-22-24-26-28-30-36(42)34-39(44)41-37(35-48-49(45,46)47-33-32-40)38(43)31-29-27-25-23-21-18-16-14-12-10-8-6-4-2/h29,31,36-38,42-43H,3-28,30,32-35,40H2,1-2H3,(H,41,44)(H,45,46)/b31-29+. The molecule has 9 nitrogen and oxygen atoms in total. The van der Waals surface area contributed by atoms with Gasteiger partial charge in [-0.2, -0.15) is 0 Å². The highest BCUT2D eigenvalue weighted by Crippen LogP contribution is 2.43. The van der Waals surface area contributed by atoms with Gasteiger partial charge < -0.3 is 26.2 Å². The van der Waals surface area contributed by atoms with Crippen LogP contribution in [0.2, 0.25) is 0 Å². The van der Waals surface area contributed by atoms with Gasteiger partial charge in [0.05, 0.1) is 37.9 Å². The summed E-state index contributed by atoms with van der Waals surface area (Å²) in [5.41, 5.74) is 5.35. The highest BCUT2D eigenvalue weighted by molar-refractivity contribution is 7.47. The molecule has 4 atom stereocenters. The van der Waals surface area contributed by atoms with Crippen molar-refractivity contribution in [1.82, 2.24) is 5.32 Å². The Morgan fingerprint density at radius 1 is 0.694 bits per heavy atom. The summed E-state index contributed by atoms with van der Waals surface area (Å²) in [5, 5.41) is 24.0. The van der Waals surface area contributed by atoms with Crippen LogP contribution >= 0.6 is 7.82 Å². The first kappa shape index (κ1) is 48.2. The lowest BCUT2D eigenvalue weighted by Crippen LogP contribution is -2.46. The van der Waals surface area contributed by atoms with Gasteiger partial charge in [-0.3, -0.25) is 13.8 Å². The second kappa shape index (κ2) is 35.6. The molecule has 0 aliphatic rings. The molecule has 49 heavy (non-hydrogen) atoms. The number of nitrogens with two attached hydrogens (primary N) is 1. The molecule has 4 unspecified atom stereocenters. The van der Waals surface area contributed by atoms with Gasteiger partial charge in [-0.25, -0.2) is 4.57 Å². The summed E-state index contributed by atoms with van der Waals surface area (Å²) in [6, 6.07) is -0.976. The Kier molecular flexibility index (Phi) is 35.0. The third-order valence-electron chi connectivity index (χ3n) is 9.17. The Morgan fingerprint density at radius 2 is 1.12 bits per heavy atom. The molecule has 0 aromatic heterocycles. The van der Waals surface area contributed by atoms with E-state index in [2.05, 4.69) is 19.2 Å². The molecular formula is C39H79N2O7P. The van der Waals surface area contributed by atoms with E-state index in [0.29, 0.717) is 6.42 Å². The maximum Gasteiger partial charge on any atom is 0.472 e. The predicted octanol–water partition coefficient (Wildman–Crippen LogP) is 9.80. The van der Waals surface area contributed by atoms with Crippen molar-refractivity contribution in [2.45, 2.75) is 212 Å². The minimum absolute atomic E-state index is 0.0513. The van der Waals surface area contributed by atoms with Gasteiger partial charge >= 0.3 is 7.82 Å². The summed E-state index contributed by atoms with van der Waals surface area (Å²) in [6.45, 7) is 3.97. The van der Waals surface area contributed by atoms with E-state index in [9.17, 15) is 24.5 Å². The van der Waals surface area contributed by atoms with Gasteiger partial charge in [0.25, 0.3) is 0 Å². The Labute approximate surface area is 301 Å². The molecule has 0 saturated heterocycles. The summed E-state index contributed by atoms with van der Waals surface area (Å²) in [7, 11) is -4.39. The number of hydrogen-bond donors (Lipinski definition) is 5. The zero-order valence-electron chi connectivity index (χ0n) is 31.8. The average molecular weight is 719 g/mol. The van der Waals surface area contributed by atoms with E-state index in [1.807, 2.05) is 6.08 Å². The smallest absolute Gasteiger partial charge is 0.393 e. The summed E-state index contributed by atoms with van der Waals surface area (Å²) in [5.74, 6) is -0.445. The van der Waals surface area contributed by atoms with E-state index in [1.54, 1.807) is 6.08 Å². The molecule has 0 aliphatic heterocycles. The molecule has 0 radical (unpaired) electrons. The number of carbonyl (C=O) groups is 1. The number of hydrogen-bond acceptors (Lipinski definition) is 7. The molecule has 10 heteroatoms. The number of amides is 1. The lowest BCUT2D eigenvalue weighted by molar-refractivity contribution is -0.124. The fourth-order valence-corrected chi connectivity index (χ4v) is 6.82. The molecule has 6 N–H and O–H groups in total. The Bertz CT molecular complexity index is 801. The number of rotatable bonds is 38. The van der Waals surface area contributed by atoms with Crippen LogP contribution in [-0.2, 0) is 18.4 Å². The minimum atomic E-state index is -4.39. The molecule has 0 aromatic rings. The van der Waals surface area contributed by atoms with E-state index in [1.165, 1.54) is 128 Å². The number of unbranched alkanes of at least 4 members (excludes halogenated alkanes) is 24. The molecular weight excluding hydrogens is 639 g/mol. The van der Waals surface area contributed by atoms with Crippen LogP contribution in [0.1, 0.15) is 194 Å². The van der Waals surface area contributed by atoms with Crippen molar-refractivity contribution in [3.63, 3.8) is 0 Å². The predicted molar refractivity (Wildman–Crippen MR) is 204 cm³/mol. The molecule has 1 amide bonds. The van der Waals surface area contributed by atoms with Crippen LogP contribution in [-0.4, -0.2) is 59.0 Å². The van der Waals surface area contributed by atoms with Crippen molar-refractivity contribution >= 4 is 13.7 Å². The number of carbonyl (C=O) groups excluding carboxylic acids is 1. The summed E-state index contributed by atoms with van der Waals surface area (Å²) in [6.07, 6.45) is 34.3. The van der Waals surface area contributed by atoms with Crippen LogP contribution < -0.4 is 11.1 Å². The summed E-state index contributed by atoms with van der Waals surface area (Å²) in [4.78, 5) is 22.7. The molecule has 0 heterocycles. The van der Waals surface area contributed by atoms with Crippen LogP contribution in [0.25, 0.3) is 0 Å². The zero-order valence-corrected chi connectivity index (χ0v) is 32.7. The molecule has 0 bridgehead atoms. The van der Waals surface area contributed by atoms with Crippen molar-refractivity contribution in [3.05, 3.63) is 12.2 Å². The molecule has 0 aliphatic carbocycles. The van der Waals surface area contributed by atoms with Gasteiger partial charge in [0.15, 0.2) is 0 Å². The highest BCUT2D eigenvalue weighted by atomic mass is 31.2. The quantitative estimate of drug-likeness (QED) is 0.0240. The van der Waals surface area contributed by atoms with Gasteiger partial charge in [-0.15, -0.1) is 0 Å². The number of allylic oxidation sites excluding steroid dienone is 1. The second-order valence-electron chi connectivity index (χ2n) is 14.0. The maximum atomic E-state index is 12.8. The van der Waals surface area contributed by atoms with E-state index in [4.69, 9.17) is 14.8 Å². The first-order valence-corrected chi connectivity index (χ1v) is 21.9. The van der Waals surface area contributed by atoms with Gasteiger partial charge in [0, 0.05) is 6.54 Å². The molecule has 0 saturated carbocycles. The number of aliphatic hydroxyl groups excluding tert-OH is 2. The van der Waals surface area contributed by atoms with Crippen LogP contribution in [0.15, 0.2) is 12.2 Å². The third-order valence-corrected chi connectivity index (χ3v) is 10.2. The van der Waals surface area contributed by atoms with Crippen LogP contribution in [0.4, 0.5) is 0 Å². The topological polar surface area (TPSA) is 151 Å². The lowest BCUT2D eigenvalue weighted by atomic mass is 10.0. The molecule has 292 valence electrons. The third kappa shape index (κ3) is 34.1. The average Bonchev–Trinajstić information content (AvgIpc) is 3.07. The van der Waals surface area contributed by atoms with Gasteiger partial charge in [-0.1, -0.05) is 180 Å². The maximum absolute atomic E-state index is 12.8. The molecule has 0 fully saturated rings. The zero-order chi connectivity index (χ0) is 36.3. The van der Waals surface area contributed by atoms with Crippen molar-refractivity contribution in [3.8, 4) is 0 Å². The summed E-state index contributed by atoms with van der Waals surface area (Å²) >= 11 is 0. The van der Waals surface area contributed by atoms with E-state index in [0.717, 1.165) is 38.5 Å². The summed E-state index contributed by atoms with van der Waals surface area (Å²) < 4.78 is 22.0. The van der Waals surface area contributed by atoms with E-state index >= 15 is 0 Å². The number of phosphoric ester groups is 1. The Morgan fingerprint density at radius 3 is 1.57 bits per heavy atom. The van der Waals surface area contributed by atoms with Crippen LogP contribution in [0.3, 0.4) is 0 Å². The van der Waals surface area contributed by atoms with Crippen LogP contribution in [0.5, 0.6) is 0 Å². The normalized spacial score (nSPS) is 15.0. The van der Waals surface area contributed by atoms with Crippen molar-refractivity contribution in [2.75, 3.05) is 19.8 Å². The molecule has 0 rings (SSSR count). The highest BCUT2D eigenvalue weighted by Gasteiger charge is 2.27. The fraction of sp³-hybridized carbons (Fsp3) is 0.923. The van der Waals surface area contributed by atoms with Crippen molar-refractivity contribution in [2.24, 2.45) is 5.73 Å². The van der Waals surface area contributed by atoms with Crippen LogP contribution in [0, 0.1) is 0 Å². The van der Waals surface area contributed by atoms with Gasteiger partial charge in [-0.05, 0) is 19.3 Å². The fourth-order valence-electron chi connectivity index (χ4n) is 6.06. The monoisotopic (exact) mass is 719 g/mol. The minimum Gasteiger partial charge on any atom is -0.393 e. The first-order chi connectivity index (χ1) is 23.8. The van der Waals surface area contributed by atoms with Crippen molar-refractivity contribution in [1.29, 1.82) is 0 Å². The molecule has 0 spiro atoms. The largest absolute Gasteiger partial charge is 0.472 e. The Hall–Kier alpha value is -0.800. The number of aliphatic hydroxyl groups is 2. The SMILES string of the molecule is CCCCCCCCCCCCC/C=C/C(O)C(COP(=O)(O)OCCN)NC(=O)CC(O)CCCCCCCCCCCCCCCC. The van der Waals surface area contributed by atoms with Gasteiger partial charge in [0.2, 0.25) is 5.91 Å². The van der Waals surface area contributed by atoms with Crippen molar-refractivity contribution < 1.29 is 33.5 Å². The number of phosphoric acid groups is 1. The first-order valence-electron chi connectivity index (χ1n) is 20.4. The Balaban J connectivity index is 4.36. The second-order valence-corrected chi connectivity index (χ2v) is 15.5. The lowest BCUT2D eigenvalue weighted by Gasteiger charge is -2.24. The molecule has 0 aromatic carbocycles. The van der Waals surface area contributed by atoms with E-state index in [-0.39, 0.29) is 19.6 Å². The van der Waals surface area contributed by atoms with E-state index < -0.39 is 38.6 Å². The number of nitrogens with one attached hydrogen (secondary N) is 1.